The van der Waals surface area contributed by atoms with Gasteiger partial charge in [-0.15, -0.1) is 9.24 Å². The van der Waals surface area contributed by atoms with Crippen LogP contribution < -0.4 is 4.31 Å². The van der Waals surface area contributed by atoms with Gasteiger partial charge in [-0.1, -0.05) is 29.3 Å². The van der Waals surface area contributed by atoms with Crippen LogP contribution in [0, 0.1) is 0 Å². The van der Waals surface area contributed by atoms with Crippen LogP contribution in [0.5, 0.6) is 0 Å². The summed E-state index contributed by atoms with van der Waals surface area (Å²) in [6, 6.07) is 15.7. The van der Waals surface area contributed by atoms with Gasteiger partial charge < -0.3 is 14.5 Å². The zero-order valence-corrected chi connectivity index (χ0v) is 19.3. The largest absolute Gasteiger partial charge is 0.397 e. The molecule has 1 atom stereocenters. The summed E-state index contributed by atoms with van der Waals surface area (Å²) in [7, 11) is 2.76. The zero-order chi connectivity index (χ0) is 20.9. The van der Waals surface area contributed by atoms with Gasteiger partial charge in [0.2, 0.25) is 0 Å². The average molecular weight is 459 g/mol. The molecule has 0 saturated heterocycles. The molecule has 0 aliphatic carbocycles. The lowest BCUT2D eigenvalue weighted by Gasteiger charge is -2.23. The first-order valence-corrected chi connectivity index (χ1v) is 11.0. The van der Waals surface area contributed by atoms with Gasteiger partial charge in [0.05, 0.1) is 11.2 Å². The van der Waals surface area contributed by atoms with Crippen molar-refractivity contribution >= 4 is 61.0 Å². The number of benzene rings is 2. The molecule has 0 saturated carbocycles. The van der Waals surface area contributed by atoms with E-state index in [9.17, 15) is 0 Å². The third-order valence-corrected chi connectivity index (χ3v) is 5.19. The monoisotopic (exact) mass is 458 g/mol. The van der Waals surface area contributed by atoms with Gasteiger partial charge in [0.25, 0.3) is 0 Å². The molecule has 28 heavy (non-hydrogen) atoms. The van der Waals surface area contributed by atoms with E-state index in [0.29, 0.717) is 10.0 Å². The number of aliphatic hydroxyl groups is 2. The summed E-state index contributed by atoms with van der Waals surface area (Å²) in [6.45, 7) is 3.86. The molecule has 2 N–H and O–H groups in total. The Morgan fingerprint density at radius 1 is 1.00 bits per heavy atom. The molecule has 0 aliphatic rings. The standard InChI is InChI=1S/C16H13Cl2N2PS.2C2H6O/c17-11-7-12(18)9-13(8-11)22-20(10-21)16-5-1-4-15-14(16)3-2-6-19-15;2*1-2-3/h1-9H,10,21H2;2*3H,2H2,1H3. The maximum absolute atomic E-state index is 7.57. The number of fused-ring (bicyclic) bond motifs is 1. The van der Waals surface area contributed by atoms with Gasteiger partial charge in [-0.3, -0.25) is 4.98 Å². The van der Waals surface area contributed by atoms with E-state index < -0.39 is 0 Å². The molecule has 8 heteroatoms. The fraction of sp³-hybridized carbons (Fsp3) is 0.250. The third-order valence-electron chi connectivity index (χ3n) is 3.11. The van der Waals surface area contributed by atoms with E-state index >= 15 is 0 Å². The Morgan fingerprint density at radius 3 is 2.18 bits per heavy atom. The number of aliphatic hydroxyl groups excluding tert-OH is 2. The Kier molecular flexibility index (Phi) is 12.5. The fourth-order valence-corrected chi connectivity index (χ4v) is 4.22. The van der Waals surface area contributed by atoms with Gasteiger partial charge in [0.1, 0.15) is 0 Å². The molecule has 2 aromatic carbocycles. The minimum Gasteiger partial charge on any atom is -0.397 e. The van der Waals surface area contributed by atoms with Gasteiger partial charge in [-0.2, -0.15) is 0 Å². The molecule has 0 fully saturated rings. The lowest BCUT2D eigenvalue weighted by atomic mass is 10.2. The van der Waals surface area contributed by atoms with Gasteiger partial charge >= 0.3 is 0 Å². The lowest BCUT2D eigenvalue weighted by Crippen LogP contribution is -2.11. The lowest BCUT2D eigenvalue weighted by molar-refractivity contribution is 0.318. The zero-order valence-electron chi connectivity index (χ0n) is 15.8. The number of halogens is 2. The second kappa shape index (κ2) is 14.0. The maximum atomic E-state index is 7.57. The van der Waals surface area contributed by atoms with Crippen molar-refractivity contribution < 1.29 is 10.2 Å². The van der Waals surface area contributed by atoms with Crippen molar-refractivity contribution in [3.63, 3.8) is 0 Å². The van der Waals surface area contributed by atoms with Crippen molar-refractivity contribution in [1.29, 1.82) is 0 Å². The quantitative estimate of drug-likeness (QED) is 0.377. The molecule has 1 aromatic heterocycles. The van der Waals surface area contributed by atoms with E-state index in [0.717, 1.165) is 27.8 Å². The topological polar surface area (TPSA) is 56.6 Å². The molecule has 152 valence electrons. The van der Waals surface area contributed by atoms with Crippen LogP contribution >= 0.6 is 44.4 Å². The fourth-order valence-electron chi connectivity index (χ4n) is 2.20. The number of pyridine rings is 1. The van der Waals surface area contributed by atoms with Crippen LogP contribution in [0.3, 0.4) is 0 Å². The predicted octanol–water partition coefficient (Wildman–Crippen LogP) is 5.89. The third kappa shape index (κ3) is 8.12. The first-order chi connectivity index (χ1) is 13.5. The van der Waals surface area contributed by atoms with Crippen molar-refractivity contribution in [3.05, 3.63) is 64.8 Å². The number of anilines is 1. The smallest absolute Gasteiger partial charge is 0.0723 e. The van der Waals surface area contributed by atoms with Crippen LogP contribution in [0.15, 0.2) is 59.6 Å². The van der Waals surface area contributed by atoms with Crippen LogP contribution in [0.2, 0.25) is 10.0 Å². The molecule has 4 nitrogen and oxygen atoms in total. The van der Waals surface area contributed by atoms with Crippen molar-refractivity contribution in [2.75, 3.05) is 23.8 Å². The Bertz CT molecular complexity index is 828. The second-order valence-electron chi connectivity index (χ2n) is 5.24. The summed E-state index contributed by atoms with van der Waals surface area (Å²) in [5.74, 6) is 0. The molecule has 3 rings (SSSR count). The van der Waals surface area contributed by atoms with Crippen molar-refractivity contribution in [2.45, 2.75) is 18.7 Å². The predicted molar refractivity (Wildman–Crippen MR) is 127 cm³/mol. The molecule has 0 spiro atoms. The molecule has 0 aliphatic heterocycles. The molecule has 0 amide bonds. The van der Waals surface area contributed by atoms with Crippen LogP contribution in [0.4, 0.5) is 5.69 Å². The van der Waals surface area contributed by atoms with E-state index in [4.69, 9.17) is 33.4 Å². The molecular formula is C20H25Cl2N2O2PS. The SMILES string of the molecule is CCO.CCO.PCN(Sc1cc(Cl)cc(Cl)c1)c1cccc2ncccc12. The van der Waals surface area contributed by atoms with Gasteiger partial charge in [0, 0.05) is 46.0 Å². The summed E-state index contributed by atoms with van der Waals surface area (Å²) in [5, 5.41) is 17.5. The van der Waals surface area contributed by atoms with Gasteiger partial charge in [-0.25, -0.2) is 0 Å². The van der Waals surface area contributed by atoms with Crippen LogP contribution in [0.1, 0.15) is 13.8 Å². The molecule has 1 unspecified atom stereocenters. The summed E-state index contributed by atoms with van der Waals surface area (Å²) >= 11 is 13.8. The highest BCUT2D eigenvalue weighted by molar-refractivity contribution is 8.00. The van der Waals surface area contributed by atoms with Crippen LogP contribution in [-0.4, -0.2) is 34.7 Å². The van der Waals surface area contributed by atoms with Crippen molar-refractivity contribution in [3.8, 4) is 0 Å². The van der Waals surface area contributed by atoms with Gasteiger partial charge in [-0.05, 0) is 68.3 Å². The average Bonchev–Trinajstić information content (AvgIpc) is 2.66. The molecule has 0 bridgehead atoms. The van der Waals surface area contributed by atoms with Crippen LogP contribution in [-0.2, 0) is 0 Å². The highest BCUT2D eigenvalue weighted by Gasteiger charge is 2.11. The number of rotatable bonds is 4. The minimum absolute atomic E-state index is 0.250. The number of aromatic nitrogens is 1. The summed E-state index contributed by atoms with van der Waals surface area (Å²) in [4.78, 5) is 5.41. The Morgan fingerprint density at radius 2 is 1.61 bits per heavy atom. The van der Waals surface area contributed by atoms with E-state index in [2.05, 4.69) is 30.7 Å². The van der Waals surface area contributed by atoms with E-state index in [1.165, 1.54) is 0 Å². The Balaban J connectivity index is 0.000000582. The van der Waals surface area contributed by atoms with Crippen molar-refractivity contribution in [1.82, 2.24) is 4.98 Å². The first kappa shape index (κ1) is 25.0. The Labute approximate surface area is 183 Å². The van der Waals surface area contributed by atoms with Crippen molar-refractivity contribution in [2.24, 2.45) is 0 Å². The van der Waals surface area contributed by atoms with Crippen LogP contribution in [0.25, 0.3) is 10.9 Å². The number of hydrogen-bond acceptors (Lipinski definition) is 5. The number of hydrogen-bond donors (Lipinski definition) is 2. The van der Waals surface area contributed by atoms with E-state index in [1.54, 1.807) is 38.1 Å². The first-order valence-electron chi connectivity index (χ1n) is 8.67. The minimum atomic E-state index is 0.250. The van der Waals surface area contributed by atoms with E-state index in [1.807, 2.05) is 30.3 Å². The van der Waals surface area contributed by atoms with Gasteiger partial charge in [0.15, 0.2) is 0 Å². The summed E-state index contributed by atoms with van der Waals surface area (Å²) in [6.07, 6.45) is 2.57. The molecule has 3 aromatic rings. The molecule has 0 radical (unpaired) electrons. The maximum Gasteiger partial charge on any atom is 0.0723 e. The summed E-state index contributed by atoms with van der Waals surface area (Å²) in [5.41, 5.74) is 2.09. The molecular weight excluding hydrogens is 434 g/mol. The highest BCUT2D eigenvalue weighted by atomic mass is 35.5. The summed E-state index contributed by atoms with van der Waals surface area (Å²) < 4.78 is 2.18. The van der Waals surface area contributed by atoms with E-state index in [-0.39, 0.29) is 13.2 Å². The number of nitrogens with zero attached hydrogens (tertiary/aromatic N) is 2. The molecule has 1 heterocycles. The highest BCUT2D eigenvalue weighted by Crippen LogP contribution is 2.36. The normalized spacial score (nSPS) is 9.82. The second-order valence-corrected chi connectivity index (χ2v) is 7.57. The Hall–Kier alpha value is -1.07.